The number of carbonyl (C=O) groups is 1. The summed E-state index contributed by atoms with van der Waals surface area (Å²) < 4.78 is 0.950. The van der Waals surface area contributed by atoms with Gasteiger partial charge in [0.05, 0.1) is 12.1 Å². The molecule has 0 bridgehead atoms. The van der Waals surface area contributed by atoms with Crippen LogP contribution >= 0.6 is 15.9 Å². The minimum Gasteiger partial charge on any atom is -0.394 e. The van der Waals surface area contributed by atoms with Crippen molar-refractivity contribution in [1.29, 1.82) is 0 Å². The minimum atomic E-state index is -0.491. The number of hydrogen-bond acceptors (Lipinski definition) is 2. The number of halogens is 1. The molecule has 0 spiro atoms. The summed E-state index contributed by atoms with van der Waals surface area (Å²) in [7, 11) is 0. The molecule has 0 saturated heterocycles. The first kappa shape index (κ1) is 14.3. The molecule has 1 aliphatic rings. The maximum atomic E-state index is 11.9. The van der Waals surface area contributed by atoms with Crippen molar-refractivity contribution in [3.05, 3.63) is 40.4 Å². The second kappa shape index (κ2) is 5.88. The largest absolute Gasteiger partial charge is 0.394 e. The zero-order valence-corrected chi connectivity index (χ0v) is 12.5. The van der Waals surface area contributed by atoms with Crippen LogP contribution in [0.4, 0.5) is 0 Å². The van der Waals surface area contributed by atoms with Gasteiger partial charge in [0.1, 0.15) is 0 Å². The van der Waals surface area contributed by atoms with Gasteiger partial charge in [-0.3, -0.25) is 4.79 Å². The van der Waals surface area contributed by atoms with Crippen LogP contribution < -0.4 is 5.32 Å². The van der Waals surface area contributed by atoms with Crippen LogP contribution in [0.5, 0.6) is 0 Å². The van der Waals surface area contributed by atoms with Crippen molar-refractivity contribution >= 4 is 27.9 Å². The second-order valence-corrected chi connectivity index (χ2v) is 6.05. The van der Waals surface area contributed by atoms with Crippen molar-refractivity contribution in [2.45, 2.75) is 25.3 Å². The van der Waals surface area contributed by atoms with Crippen LogP contribution in [0.15, 0.2) is 34.8 Å². The average Bonchev–Trinajstić information content (AvgIpc) is 3.22. The third-order valence-corrected chi connectivity index (χ3v) is 4.26. The number of carbonyl (C=O) groups excluding carboxylic acids is 1. The summed E-state index contributed by atoms with van der Waals surface area (Å²) in [4.78, 5) is 11.9. The van der Waals surface area contributed by atoms with Crippen molar-refractivity contribution in [2.75, 3.05) is 6.61 Å². The number of aliphatic hydroxyl groups is 1. The van der Waals surface area contributed by atoms with Gasteiger partial charge in [-0.25, -0.2) is 0 Å². The molecule has 1 fully saturated rings. The monoisotopic (exact) mass is 323 g/mol. The van der Waals surface area contributed by atoms with Crippen molar-refractivity contribution in [3.63, 3.8) is 0 Å². The Morgan fingerprint density at radius 3 is 2.79 bits per heavy atom. The van der Waals surface area contributed by atoms with Crippen LogP contribution in [0.1, 0.15) is 25.3 Å². The minimum absolute atomic E-state index is 0.0215. The third kappa shape index (κ3) is 3.67. The molecule has 3 nitrogen and oxygen atoms in total. The smallest absolute Gasteiger partial charge is 0.244 e. The number of nitrogens with one attached hydrogen (secondary N) is 1. The number of rotatable bonds is 5. The average molecular weight is 324 g/mol. The standard InChI is InChI=1S/C15H18BrNO2/c1-15(10-18,12-7-8-12)17-14(19)9-6-11-4-2-3-5-13(11)16/h2-6,9,12,18H,7-8,10H2,1H3,(H,17,19)/b9-6+. The van der Waals surface area contributed by atoms with E-state index in [-0.39, 0.29) is 12.5 Å². The van der Waals surface area contributed by atoms with E-state index in [2.05, 4.69) is 21.2 Å². The van der Waals surface area contributed by atoms with E-state index < -0.39 is 5.54 Å². The third-order valence-electron chi connectivity index (χ3n) is 3.54. The fraction of sp³-hybridized carbons (Fsp3) is 0.400. The summed E-state index contributed by atoms with van der Waals surface area (Å²) in [5.41, 5.74) is 0.463. The van der Waals surface area contributed by atoms with Crippen LogP contribution in [-0.2, 0) is 4.79 Å². The van der Waals surface area contributed by atoms with Crippen LogP contribution in [0.2, 0.25) is 0 Å². The molecular weight excluding hydrogens is 306 g/mol. The highest BCUT2D eigenvalue weighted by Crippen LogP contribution is 2.39. The van der Waals surface area contributed by atoms with E-state index >= 15 is 0 Å². The molecule has 1 aromatic rings. The molecule has 0 radical (unpaired) electrons. The van der Waals surface area contributed by atoms with Crippen molar-refractivity contribution in [3.8, 4) is 0 Å². The predicted octanol–water partition coefficient (Wildman–Crippen LogP) is 2.74. The number of hydrogen-bond donors (Lipinski definition) is 2. The molecule has 102 valence electrons. The van der Waals surface area contributed by atoms with Gasteiger partial charge in [0.15, 0.2) is 0 Å². The van der Waals surface area contributed by atoms with Crippen LogP contribution in [0.3, 0.4) is 0 Å². The van der Waals surface area contributed by atoms with Crippen molar-refractivity contribution in [1.82, 2.24) is 5.32 Å². The molecule has 1 aliphatic carbocycles. The number of aliphatic hydroxyl groups excluding tert-OH is 1. The summed E-state index contributed by atoms with van der Waals surface area (Å²) >= 11 is 3.43. The summed E-state index contributed by atoms with van der Waals surface area (Å²) in [5.74, 6) is 0.234. The van der Waals surface area contributed by atoms with E-state index in [0.717, 1.165) is 22.9 Å². The maximum absolute atomic E-state index is 11.9. The first-order chi connectivity index (χ1) is 9.05. The van der Waals surface area contributed by atoms with Gasteiger partial charge < -0.3 is 10.4 Å². The van der Waals surface area contributed by atoms with Gasteiger partial charge in [0.2, 0.25) is 5.91 Å². The Hall–Kier alpha value is -1.13. The summed E-state index contributed by atoms with van der Waals surface area (Å²) in [6, 6.07) is 7.71. The van der Waals surface area contributed by atoms with E-state index in [1.807, 2.05) is 31.2 Å². The van der Waals surface area contributed by atoms with E-state index in [1.165, 1.54) is 6.08 Å². The van der Waals surface area contributed by atoms with Gasteiger partial charge in [0.25, 0.3) is 0 Å². The lowest BCUT2D eigenvalue weighted by molar-refractivity contribution is -0.119. The maximum Gasteiger partial charge on any atom is 0.244 e. The Balaban J connectivity index is 1.99. The van der Waals surface area contributed by atoms with E-state index in [4.69, 9.17) is 0 Å². The zero-order chi connectivity index (χ0) is 13.9. The van der Waals surface area contributed by atoms with Gasteiger partial charge in [-0.1, -0.05) is 34.1 Å². The molecule has 1 atom stereocenters. The Labute approximate surface area is 121 Å². The Bertz CT molecular complexity index is 497. The molecule has 1 aromatic carbocycles. The Kier molecular flexibility index (Phi) is 4.42. The summed E-state index contributed by atoms with van der Waals surface area (Å²) in [6.45, 7) is 1.88. The van der Waals surface area contributed by atoms with Gasteiger partial charge in [-0.15, -0.1) is 0 Å². The highest BCUT2D eigenvalue weighted by molar-refractivity contribution is 9.10. The molecule has 1 saturated carbocycles. The van der Waals surface area contributed by atoms with Crippen LogP contribution in [-0.4, -0.2) is 23.2 Å². The molecule has 4 heteroatoms. The highest BCUT2D eigenvalue weighted by Gasteiger charge is 2.41. The Morgan fingerprint density at radius 2 is 2.21 bits per heavy atom. The van der Waals surface area contributed by atoms with E-state index in [9.17, 15) is 9.90 Å². The molecule has 1 unspecified atom stereocenters. The molecule has 1 amide bonds. The Morgan fingerprint density at radius 1 is 1.53 bits per heavy atom. The van der Waals surface area contributed by atoms with Gasteiger partial charge in [-0.2, -0.15) is 0 Å². The lowest BCUT2D eigenvalue weighted by atomic mass is 9.97. The normalized spacial score (nSPS) is 18.3. The lowest BCUT2D eigenvalue weighted by Crippen LogP contribution is -2.50. The van der Waals surface area contributed by atoms with Crippen molar-refractivity contribution in [2.24, 2.45) is 5.92 Å². The van der Waals surface area contributed by atoms with Gasteiger partial charge in [-0.05, 0) is 43.4 Å². The van der Waals surface area contributed by atoms with Crippen LogP contribution in [0, 0.1) is 5.92 Å². The topological polar surface area (TPSA) is 49.3 Å². The van der Waals surface area contributed by atoms with Gasteiger partial charge in [0, 0.05) is 10.5 Å². The molecule has 19 heavy (non-hydrogen) atoms. The second-order valence-electron chi connectivity index (χ2n) is 5.19. The number of amides is 1. The number of benzene rings is 1. The quantitative estimate of drug-likeness (QED) is 0.818. The summed E-state index contributed by atoms with van der Waals surface area (Å²) in [6.07, 6.45) is 5.43. The molecular formula is C15H18BrNO2. The van der Waals surface area contributed by atoms with E-state index in [1.54, 1.807) is 6.08 Å². The molecule has 2 rings (SSSR count). The first-order valence-corrected chi connectivity index (χ1v) is 7.20. The first-order valence-electron chi connectivity index (χ1n) is 6.41. The van der Waals surface area contributed by atoms with Gasteiger partial charge >= 0.3 is 0 Å². The predicted molar refractivity (Wildman–Crippen MR) is 79.5 cm³/mol. The zero-order valence-electron chi connectivity index (χ0n) is 10.9. The highest BCUT2D eigenvalue weighted by atomic mass is 79.9. The van der Waals surface area contributed by atoms with Crippen LogP contribution in [0.25, 0.3) is 6.08 Å². The molecule has 0 heterocycles. The van der Waals surface area contributed by atoms with Crippen molar-refractivity contribution < 1.29 is 9.90 Å². The fourth-order valence-corrected chi connectivity index (χ4v) is 2.51. The molecule has 2 N–H and O–H groups in total. The van der Waals surface area contributed by atoms with E-state index in [0.29, 0.717) is 5.92 Å². The fourth-order valence-electron chi connectivity index (χ4n) is 2.09. The molecule has 0 aliphatic heterocycles. The summed E-state index contributed by atoms with van der Waals surface area (Å²) in [5, 5.41) is 12.3. The lowest BCUT2D eigenvalue weighted by Gasteiger charge is -2.28. The SMILES string of the molecule is CC(CO)(NC(=O)/C=C/c1ccccc1Br)C1CC1. The molecule has 0 aromatic heterocycles.